The second-order valence-corrected chi connectivity index (χ2v) is 4.66. The van der Waals surface area contributed by atoms with E-state index >= 15 is 0 Å². The van der Waals surface area contributed by atoms with Crippen LogP contribution in [0.4, 0.5) is 0 Å². The molecular weight excluding hydrogens is 226 g/mol. The molecule has 0 bridgehead atoms. The van der Waals surface area contributed by atoms with Crippen LogP contribution in [-0.2, 0) is 11.2 Å². The maximum absolute atomic E-state index is 11.7. The smallest absolute Gasteiger partial charge is 0.224 e. The Morgan fingerprint density at radius 2 is 2.22 bits per heavy atom. The van der Waals surface area contributed by atoms with Crippen LogP contribution in [0, 0.1) is 5.92 Å². The molecule has 0 radical (unpaired) electrons. The molecule has 0 aliphatic rings. The summed E-state index contributed by atoms with van der Waals surface area (Å²) in [5.74, 6) is 1.29. The van der Waals surface area contributed by atoms with Gasteiger partial charge in [-0.3, -0.25) is 4.79 Å². The number of methoxy groups -OCH3 is 1. The van der Waals surface area contributed by atoms with E-state index in [2.05, 4.69) is 25.7 Å². The molecule has 1 aromatic carbocycles. The van der Waals surface area contributed by atoms with Crippen LogP contribution >= 0.6 is 0 Å². The number of rotatable bonds is 6. The zero-order chi connectivity index (χ0) is 13.5. The number of hydrogen-bond acceptors (Lipinski definition) is 2. The van der Waals surface area contributed by atoms with Crippen molar-refractivity contribution in [1.29, 1.82) is 0 Å². The molecule has 0 saturated carbocycles. The fraction of sp³-hybridized carbons (Fsp3) is 0.400. The lowest BCUT2D eigenvalue weighted by atomic mass is 10.1. The highest BCUT2D eigenvalue weighted by Gasteiger charge is 2.06. The van der Waals surface area contributed by atoms with Gasteiger partial charge in [-0.1, -0.05) is 32.6 Å². The van der Waals surface area contributed by atoms with Crippen LogP contribution in [0.5, 0.6) is 5.75 Å². The van der Waals surface area contributed by atoms with Gasteiger partial charge in [0.05, 0.1) is 13.5 Å². The Labute approximate surface area is 109 Å². The molecule has 1 amide bonds. The standard InChI is InChI=1S/C15H21NO2/c1-5-13-8-12(6-7-14(13)18-4)9-15(17)16-10-11(2)3/h5-8,11H,1,9-10H2,2-4H3,(H,16,17). The Kier molecular flexibility index (Phi) is 5.43. The van der Waals surface area contributed by atoms with Gasteiger partial charge in [0.15, 0.2) is 0 Å². The summed E-state index contributed by atoms with van der Waals surface area (Å²) in [4.78, 5) is 11.7. The van der Waals surface area contributed by atoms with Crippen LogP contribution in [0.2, 0.25) is 0 Å². The van der Waals surface area contributed by atoms with Gasteiger partial charge in [0.25, 0.3) is 0 Å². The van der Waals surface area contributed by atoms with E-state index in [9.17, 15) is 4.79 Å². The zero-order valence-electron chi connectivity index (χ0n) is 11.3. The Morgan fingerprint density at radius 3 is 2.78 bits per heavy atom. The van der Waals surface area contributed by atoms with E-state index in [0.717, 1.165) is 16.9 Å². The number of amides is 1. The normalized spacial score (nSPS) is 10.2. The molecule has 0 atom stereocenters. The molecule has 0 unspecified atom stereocenters. The van der Waals surface area contributed by atoms with Crippen LogP contribution in [0.1, 0.15) is 25.0 Å². The first-order chi connectivity index (χ1) is 8.56. The molecular formula is C15H21NO2. The second kappa shape index (κ2) is 6.84. The van der Waals surface area contributed by atoms with Gasteiger partial charge in [0, 0.05) is 12.1 Å². The summed E-state index contributed by atoms with van der Waals surface area (Å²) in [6.45, 7) is 8.60. The summed E-state index contributed by atoms with van der Waals surface area (Å²) in [5, 5.41) is 2.90. The number of carbonyl (C=O) groups excluding carboxylic acids is 1. The van der Waals surface area contributed by atoms with Crippen LogP contribution in [0.15, 0.2) is 24.8 Å². The lowest BCUT2D eigenvalue weighted by Crippen LogP contribution is -2.28. The van der Waals surface area contributed by atoms with E-state index in [4.69, 9.17) is 4.74 Å². The summed E-state index contributed by atoms with van der Waals surface area (Å²) in [5.41, 5.74) is 1.87. The first-order valence-corrected chi connectivity index (χ1v) is 6.13. The number of nitrogens with one attached hydrogen (secondary N) is 1. The number of carbonyl (C=O) groups is 1. The van der Waals surface area contributed by atoms with Gasteiger partial charge < -0.3 is 10.1 Å². The maximum atomic E-state index is 11.7. The Balaban J connectivity index is 2.67. The van der Waals surface area contributed by atoms with Gasteiger partial charge in [0.2, 0.25) is 5.91 Å². The monoisotopic (exact) mass is 247 g/mol. The minimum atomic E-state index is 0.0453. The molecule has 0 heterocycles. The van der Waals surface area contributed by atoms with Crippen molar-refractivity contribution in [2.45, 2.75) is 20.3 Å². The molecule has 1 rings (SSSR count). The fourth-order valence-corrected chi connectivity index (χ4v) is 1.62. The van der Waals surface area contributed by atoms with Gasteiger partial charge in [-0.25, -0.2) is 0 Å². The summed E-state index contributed by atoms with van der Waals surface area (Å²) in [6.07, 6.45) is 2.12. The number of ether oxygens (including phenoxy) is 1. The van der Waals surface area contributed by atoms with E-state index in [1.807, 2.05) is 18.2 Å². The van der Waals surface area contributed by atoms with Crippen molar-refractivity contribution in [3.63, 3.8) is 0 Å². The van der Waals surface area contributed by atoms with Crippen LogP contribution in [-0.4, -0.2) is 19.6 Å². The van der Waals surface area contributed by atoms with Crippen molar-refractivity contribution in [3.05, 3.63) is 35.9 Å². The lowest BCUT2D eigenvalue weighted by Gasteiger charge is -2.09. The first kappa shape index (κ1) is 14.3. The van der Waals surface area contributed by atoms with Crippen molar-refractivity contribution >= 4 is 12.0 Å². The van der Waals surface area contributed by atoms with Crippen LogP contribution in [0.3, 0.4) is 0 Å². The summed E-state index contributed by atoms with van der Waals surface area (Å²) in [7, 11) is 1.62. The van der Waals surface area contributed by atoms with E-state index in [-0.39, 0.29) is 5.91 Å². The first-order valence-electron chi connectivity index (χ1n) is 6.13. The molecule has 1 N–H and O–H groups in total. The molecule has 0 aliphatic heterocycles. The van der Waals surface area contributed by atoms with Crippen molar-refractivity contribution < 1.29 is 9.53 Å². The predicted octanol–water partition coefficient (Wildman–Crippen LogP) is 2.65. The van der Waals surface area contributed by atoms with E-state index < -0.39 is 0 Å². The average molecular weight is 247 g/mol. The third kappa shape index (κ3) is 4.24. The highest BCUT2D eigenvalue weighted by molar-refractivity contribution is 5.79. The third-order valence-corrected chi connectivity index (χ3v) is 2.59. The average Bonchev–Trinajstić information content (AvgIpc) is 2.36. The third-order valence-electron chi connectivity index (χ3n) is 2.59. The van der Waals surface area contributed by atoms with Gasteiger partial charge in [-0.15, -0.1) is 0 Å². The van der Waals surface area contributed by atoms with Gasteiger partial charge in [-0.2, -0.15) is 0 Å². The minimum absolute atomic E-state index is 0.0453. The minimum Gasteiger partial charge on any atom is -0.496 e. The summed E-state index contributed by atoms with van der Waals surface area (Å²) in [6, 6.07) is 5.70. The van der Waals surface area contributed by atoms with Gasteiger partial charge >= 0.3 is 0 Å². The SMILES string of the molecule is C=Cc1cc(CC(=O)NCC(C)C)ccc1OC. The highest BCUT2D eigenvalue weighted by atomic mass is 16.5. The Hall–Kier alpha value is -1.77. The highest BCUT2D eigenvalue weighted by Crippen LogP contribution is 2.21. The Morgan fingerprint density at radius 1 is 1.50 bits per heavy atom. The molecule has 3 nitrogen and oxygen atoms in total. The topological polar surface area (TPSA) is 38.3 Å². The quantitative estimate of drug-likeness (QED) is 0.839. The van der Waals surface area contributed by atoms with Crippen LogP contribution in [0.25, 0.3) is 6.08 Å². The van der Waals surface area contributed by atoms with E-state index in [1.54, 1.807) is 13.2 Å². The van der Waals surface area contributed by atoms with E-state index in [1.165, 1.54) is 0 Å². The molecule has 0 aliphatic carbocycles. The van der Waals surface area contributed by atoms with Gasteiger partial charge in [0.1, 0.15) is 5.75 Å². The largest absolute Gasteiger partial charge is 0.496 e. The van der Waals surface area contributed by atoms with Gasteiger partial charge in [-0.05, 0) is 23.6 Å². The molecule has 18 heavy (non-hydrogen) atoms. The molecule has 1 aromatic rings. The fourth-order valence-electron chi connectivity index (χ4n) is 1.62. The second-order valence-electron chi connectivity index (χ2n) is 4.66. The molecule has 98 valence electrons. The predicted molar refractivity (Wildman–Crippen MR) is 74.6 cm³/mol. The number of benzene rings is 1. The Bertz CT molecular complexity index is 425. The van der Waals surface area contributed by atoms with Crippen molar-refractivity contribution in [2.24, 2.45) is 5.92 Å². The summed E-state index contributed by atoms with van der Waals surface area (Å²) < 4.78 is 5.20. The lowest BCUT2D eigenvalue weighted by molar-refractivity contribution is -0.120. The summed E-state index contributed by atoms with van der Waals surface area (Å²) >= 11 is 0. The molecule has 0 saturated heterocycles. The molecule has 0 spiro atoms. The van der Waals surface area contributed by atoms with Crippen molar-refractivity contribution in [2.75, 3.05) is 13.7 Å². The van der Waals surface area contributed by atoms with Crippen molar-refractivity contribution in [1.82, 2.24) is 5.32 Å². The zero-order valence-corrected chi connectivity index (χ0v) is 11.3. The molecule has 0 fully saturated rings. The maximum Gasteiger partial charge on any atom is 0.224 e. The molecule has 0 aromatic heterocycles. The van der Waals surface area contributed by atoms with E-state index in [0.29, 0.717) is 18.9 Å². The van der Waals surface area contributed by atoms with Crippen LogP contribution < -0.4 is 10.1 Å². The number of hydrogen-bond donors (Lipinski definition) is 1. The van der Waals surface area contributed by atoms with Crippen molar-refractivity contribution in [3.8, 4) is 5.75 Å². The molecule has 3 heteroatoms.